The van der Waals surface area contributed by atoms with E-state index in [0.29, 0.717) is 6.61 Å². The average Bonchev–Trinajstić information content (AvgIpc) is 2.47. The van der Waals surface area contributed by atoms with Gasteiger partial charge in [-0.2, -0.15) is 0 Å². The van der Waals surface area contributed by atoms with E-state index >= 15 is 0 Å². The second-order valence-electron chi connectivity index (χ2n) is 4.84. The normalized spacial score (nSPS) is 12.2. The van der Waals surface area contributed by atoms with Gasteiger partial charge in [-0.1, -0.05) is 24.3 Å². The highest BCUT2D eigenvalue weighted by atomic mass is 16.5. The van der Waals surface area contributed by atoms with E-state index in [1.165, 1.54) is 11.1 Å². The second-order valence-corrected chi connectivity index (χ2v) is 4.84. The van der Waals surface area contributed by atoms with Gasteiger partial charge in [0.2, 0.25) is 0 Å². The molecular formula is C17H22N2O. The van der Waals surface area contributed by atoms with E-state index in [2.05, 4.69) is 36.3 Å². The summed E-state index contributed by atoms with van der Waals surface area (Å²) < 4.78 is 5.68. The van der Waals surface area contributed by atoms with Crippen LogP contribution in [-0.2, 0) is 6.54 Å². The van der Waals surface area contributed by atoms with Crippen molar-refractivity contribution in [2.45, 2.75) is 33.4 Å². The van der Waals surface area contributed by atoms with E-state index in [-0.39, 0.29) is 6.04 Å². The quantitative estimate of drug-likeness (QED) is 0.870. The molecule has 0 aliphatic rings. The molecule has 20 heavy (non-hydrogen) atoms. The smallest absolute Gasteiger partial charge is 0.124 e. The monoisotopic (exact) mass is 270 g/mol. The lowest BCUT2D eigenvalue weighted by Crippen LogP contribution is -2.20. The molecule has 1 atom stereocenters. The molecule has 1 N–H and O–H groups in total. The van der Waals surface area contributed by atoms with Crippen molar-refractivity contribution in [2.75, 3.05) is 6.61 Å². The summed E-state index contributed by atoms with van der Waals surface area (Å²) in [6.45, 7) is 7.68. The van der Waals surface area contributed by atoms with Crippen LogP contribution in [0.2, 0.25) is 0 Å². The molecule has 1 aromatic heterocycles. The minimum Gasteiger partial charge on any atom is -0.494 e. The number of nitrogens with one attached hydrogen (secondary N) is 1. The molecule has 0 aliphatic carbocycles. The van der Waals surface area contributed by atoms with Gasteiger partial charge >= 0.3 is 0 Å². The highest BCUT2D eigenvalue weighted by Gasteiger charge is 2.11. The molecule has 1 unspecified atom stereocenters. The third-order valence-corrected chi connectivity index (χ3v) is 3.38. The molecule has 1 heterocycles. The summed E-state index contributed by atoms with van der Waals surface area (Å²) >= 11 is 0. The van der Waals surface area contributed by atoms with Gasteiger partial charge < -0.3 is 10.1 Å². The van der Waals surface area contributed by atoms with E-state index in [4.69, 9.17) is 4.74 Å². The molecule has 2 aromatic rings. The topological polar surface area (TPSA) is 34.1 Å². The Bertz CT molecular complexity index is 554. The average molecular weight is 270 g/mol. The number of para-hydroxylation sites is 1. The van der Waals surface area contributed by atoms with Gasteiger partial charge in [0.15, 0.2) is 0 Å². The first-order chi connectivity index (χ1) is 9.72. The summed E-state index contributed by atoms with van der Waals surface area (Å²) in [6, 6.07) is 12.4. The Labute approximate surface area is 121 Å². The number of aromatic nitrogens is 1. The predicted molar refractivity (Wildman–Crippen MR) is 81.8 cm³/mol. The lowest BCUT2D eigenvalue weighted by Gasteiger charge is -2.18. The molecule has 0 aliphatic heterocycles. The summed E-state index contributed by atoms with van der Waals surface area (Å²) in [4.78, 5) is 4.41. The van der Waals surface area contributed by atoms with Crippen molar-refractivity contribution in [2.24, 2.45) is 0 Å². The van der Waals surface area contributed by atoms with Crippen LogP contribution in [0.3, 0.4) is 0 Å². The number of rotatable bonds is 6. The molecule has 3 nitrogen and oxygen atoms in total. The minimum absolute atomic E-state index is 0.221. The molecule has 0 amide bonds. The Morgan fingerprint density at radius 1 is 1.20 bits per heavy atom. The van der Waals surface area contributed by atoms with Crippen LogP contribution in [0.5, 0.6) is 5.75 Å². The van der Waals surface area contributed by atoms with Gasteiger partial charge in [0, 0.05) is 24.3 Å². The molecule has 1 aromatic carbocycles. The maximum absolute atomic E-state index is 5.68. The van der Waals surface area contributed by atoms with Gasteiger partial charge in [-0.05, 0) is 38.5 Å². The van der Waals surface area contributed by atoms with Crippen LogP contribution in [0.15, 0.2) is 42.6 Å². The molecule has 0 fully saturated rings. The Hall–Kier alpha value is -1.87. The van der Waals surface area contributed by atoms with Crippen LogP contribution in [0.25, 0.3) is 0 Å². The summed E-state index contributed by atoms with van der Waals surface area (Å²) in [6.07, 6.45) is 1.84. The van der Waals surface area contributed by atoms with Gasteiger partial charge in [-0.15, -0.1) is 0 Å². The van der Waals surface area contributed by atoms with E-state index in [9.17, 15) is 0 Å². The first kappa shape index (κ1) is 14.5. The molecule has 2 rings (SSSR count). The fourth-order valence-corrected chi connectivity index (χ4v) is 2.19. The standard InChI is InChI=1S/C17H22N2O/c1-4-20-17-10-6-5-9-15(17)14(3)19-12-16-13(2)8-7-11-18-16/h5-11,14,19H,4,12H2,1-3H3. The molecule has 0 spiro atoms. The van der Waals surface area contributed by atoms with Gasteiger partial charge in [0.1, 0.15) is 5.75 Å². The number of nitrogens with zero attached hydrogens (tertiary/aromatic N) is 1. The van der Waals surface area contributed by atoms with Crippen molar-refractivity contribution < 1.29 is 4.74 Å². The summed E-state index contributed by atoms with van der Waals surface area (Å²) in [5.74, 6) is 0.952. The summed E-state index contributed by atoms with van der Waals surface area (Å²) in [5.41, 5.74) is 3.49. The molecule has 0 saturated heterocycles. The van der Waals surface area contributed by atoms with Crippen LogP contribution in [-0.4, -0.2) is 11.6 Å². The van der Waals surface area contributed by atoms with Gasteiger partial charge in [-0.25, -0.2) is 0 Å². The van der Waals surface area contributed by atoms with Crippen LogP contribution in [0, 0.1) is 6.92 Å². The largest absolute Gasteiger partial charge is 0.494 e. The van der Waals surface area contributed by atoms with Crippen molar-refractivity contribution in [3.05, 3.63) is 59.4 Å². The first-order valence-electron chi connectivity index (χ1n) is 7.08. The zero-order chi connectivity index (χ0) is 14.4. The van der Waals surface area contributed by atoms with Gasteiger partial charge in [0.05, 0.1) is 12.3 Å². The molecular weight excluding hydrogens is 248 g/mol. The van der Waals surface area contributed by atoms with Gasteiger partial charge in [-0.3, -0.25) is 4.98 Å². The minimum atomic E-state index is 0.221. The van der Waals surface area contributed by atoms with Crippen molar-refractivity contribution >= 4 is 0 Å². The number of hydrogen-bond donors (Lipinski definition) is 1. The SMILES string of the molecule is CCOc1ccccc1C(C)NCc1ncccc1C. The van der Waals surface area contributed by atoms with Crippen molar-refractivity contribution in [3.63, 3.8) is 0 Å². The number of ether oxygens (including phenoxy) is 1. The van der Waals surface area contributed by atoms with E-state index in [0.717, 1.165) is 18.0 Å². The predicted octanol–water partition coefficient (Wildman–Crippen LogP) is 3.64. The van der Waals surface area contributed by atoms with Gasteiger partial charge in [0.25, 0.3) is 0 Å². The van der Waals surface area contributed by atoms with Crippen molar-refractivity contribution in [1.82, 2.24) is 10.3 Å². The summed E-state index contributed by atoms with van der Waals surface area (Å²) in [7, 11) is 0. The van der Waals surface area contributed by atoms with Crippen LogP contribution in [0.1, 0.15) is 36.7 Å². The van der Waals surface area contributed by atoms with Crippen LogP contribution < -0.4 is 10.1 Å². The third-order valence-electron chi connectivity index (χ3n) is 3.38. The lowest BCUT2D eigenvalue weighted by atomic mass is 10.1. The summed E-state index contributed by atoms with van der Waals surface area (Å²) in [5, 5.41) is 3.51. The molecule has 0 bridgehead atoms. The molecule has 0 radical (unpaired) electrons. The van der Waals surface area contributed by atoms with E-state index in [1.807, 2.05) is 37.4 Å². The molecule has 3 heteroatoms. The highest BCUT2D eigenvalue weighted by Crippen LogP contribution is 2.25. The van der Waals surface area contributed by atoms with Crippen molar-refractivity contribution in [1.29, 1.82) is 0 Å². The fourth-order valence-electron chi connectivity index (χ4n) is 2.19. The zero-order valence-corrected chi connectivity index (χ0v) is 12.4. The van der Waals surface area contributed by atoms with E-state index in [1.54, 1.807) is 0 Å². The maximum Gasteiger partial charge on any atom is 0.124 e. The number of aryl methyl sites for hydroxylation is 1. The Balaban J connectivity index is 2.05. The molecule has 106 valence electrons. The zero-order valence-electron chi connectivity index (χ0n) is 12.4. The Kier molecular flexibility index (Phi) is 5.13. The first-order valence-corrected chi connectivity index (χ1v) is 7.08. The van der Waals surface area contributed by atoms with Crippen LogP contribution in [0.4, 0.5) is 0 Å². The fraction of sp³-hybridized carbons (Fsp3) is 0.353. The maximum atomic E-state index is 5.68. The highest BCUT2D eigenvalue weighted by molar-refractivity contribution is 5.35. The van der Waals surface area contributed by atoms with E-state index < -0.39 is 0 Å². The Morgan fingerprint density at radius 2 is 2.00 bits per heavy atom. The second kappa shape index (κ2) is 7.06. The van der Waals surface area contributed by atoms with Crippen LogP contribution >= 0.6 is 0 Å². The number of benzene rings is 1. The Morgan fingerprint density at radius 3 is 2.75 bits per heavy atom. The lowest BCUT2D eigenvalue weighted by molar-refractivity contribution is 0.332. The third kappa shape index (κ3) is 3.58. The number of pyridine rings is 1. The number of hydrogen-bond acceptors (Lipinski definition) is 3. The molecule has 0 saturated carbocycles. The van der Waals surface area contributed by atoms with Crippen molar-refractivity contribution in [3.8, 4) is 5.75 Å².